The summed E-state index contributed by atoms with van der Waals surface area (Å²) >= 11 is 3.48. The Bertz CT molecular complexity index is 390. The zero-order valence-electron chi connectivity index (χ0n) is 9.06. The van der Waals surface area contributed by atoms with E-state index in [0.29, 0.717) is 0 Å². The van der Waals surface area contributed by atoms with Crippen LogP contribution in [0.3, 0.4) is 0 Å². The van der Waals surface area contributed by atoms with Crippen LogP contribution in [0.4, 0.5) is 5.69 Å². The van der Waals surface area contributed by atoms with Crippen LogP contribution in [-0.2, 0) is 0 Å². The predicted octanol–water partition coefficient (Wildman–Crippen LogP) is 3.04. The maximum Gasteiger partial charge on any atom is 0.157 e. The van der Waals surface area contributed by atoms with Gasteiger partial charge in [0, 0.05) is 6.07 Å². The molecule has 1 aliphatic heterocycles. The molecule has 0 aliphatic carbocycles. The Balaban J connectivity index is 2.44. The fraction of sp³-hybridized carbons (Fsp3) is 0.455. The van der Waals surface area contributed by atoms with Crippen LogP contribution in [0.2, 0.25) is 0 Å². The van der Waals surface area contributed by atoms with Crippen LogP contribution >= 0.6 is 15.9 Å². The lowest BCUT2D eigenvalue weighted by Gasteiger charge is -2.34. The Labute approximate surface area is 97.9 Å². The van der Waals surface area contributed by atoms with Crippen molar-refractivity contribution >= 4 is 21.6 Å². The molecular weight excluding hydrogens is 258 g/mol. The van der Waals surface area contributed by atoms with Gasteiger partial charge in [0.05, 0.1) is 23.8 Å². The molecule has 0 amide bonds. The summed E-state index contributed by atoms with van der Waals surface area (Å²) in [5.41, 5.74) is 0.796. The van der Waals surface area contributed by atoms with E-state index in [4.69, 9.17) is 9.47 Å². The lowest BCUT2D eigenvalue weighted by Crippen LogP contribution is -2.40. The van der Waals surface area contributed by atoms with Crippen LogP contribution in [0.15, 0.2) is 16.6 Å². The van der Waals surface area contributed by atoms with Gasteiger partial charge in [-0.25, -0.2) is 0 Å². The molecule has 3 nitrogen and oxygen atoms in total. The van der Waals surface area contributed by atoms with E-state index in [1.54, 1.807) is 7.11 Å². The van der Waals surface area contributed by atoms with Crippen LogP contribution in [0.25, 0.3) is 0 Å². The SMILES string of the molecule is COc1cc(Br)c2c(c1)NCC(C)(C)O2. The van der Waals surface area contributed by atoms with Crippen molar-refractivity contribution in [3.05, 3.63) is 16.6 Å². The third kappa shape index (κ3) is 2.04. The normalized spacial score (nSPS) is 17.3. The highest BCUT2D eigenvalue weighted by molar-refractivity contribution is 9.10. The third-order valence-electron chi connectivity index (χ3n) is 2.34. The summed E-state index contributed by atoms with van der Waals surface area (Å²) in [6, 6.07) is 3.84. The number of anilines is 1. The van der Waals surface area contributed by atoms with E-state index in [1.165, 1.54) is 0 Å². The number of hydrogen-bond donors (Lipinski definition) is 1. The molecule has 0 saturated heterocycles. The lowest BCUT2D eigenvalue weighted by molar-refractivity contribution is 0.115. The largest absolute Gasteiger partial charge is 0.497 e. The number of fused-ring (bicyclic) bond motifs is 1. The molecule has 4 heteroatoms. The minimum absolute atomic E-state index is 0.176. The molecule has 0 bridgehead atoms. The van der Waals surface area contributed by atoms with Crippen molar-refractivity contribution < 1.29 is 9.47 Å². The van der Waals surface area contributed by atoms with Crippen molar-refractivity contribution in [3.63, 3.8) is 0 Å². The van der Waals surface area contributed by atoms with Gasteiger partial charge < -0.3 is 14.8 Å². The van der Waals surface area contributed by atoms with Gasteiger partial charge in [0.2, 0.25) is 0 Å². The second-order valence-electron chi connectivity index (χ2n) is 4.20. The number of rotatable bonds is 1. The number of hydrogen-bond acceptors (Lipinski definition) is 3. The van der Waals surface area contributed by atoms with E-state index >= 15 is 0 Å². The predicted molar refractivity (Wildman–Crippen MR) is 63.9 cm³/mol. The molecule has 0 unspecified atom stereocenters. The number of halogens is 1. The van der Waals surface area contributed by atoms with Gasteiger partial charge in [-0.1, -0.05) is 0 Å². The molecule has 0 atom stereocenters. The van der Waals surface area contributed by atoms with Crippen LogP contribution in [0.1, 0.15) is 13.8 Å². The first-order valence-electron chi connectivity index (χ1n) is 4.82. The van der Waals surface area contributed by atoms with Crippen molar-refractivity contribution in [2.75, 3.05) is 19.0 Å². The van der Waals surface area contributed by atoms with E-state index in [-0.39, 0.29) is 5.60 Å². The lowest BCUT2D eigenvalue weighted by atomic mass is 10.1. The zero-order chi connectivity index (χ0) is 11.1. The number of ether oxygens (including phenoxy) is 2. The Kier molecular flexibility index (Phi) is 2.54. The molecule has 0 spiro atoms. The van der Waals surface area contributed by atoms with Crippen LogP contribution < -0.4 is 14.8 Å². The average Bonchev–Trinajstić information content (AvgIpc) is 2.18. The molecule has 0 fully saturated rings. The molecule has 15 heavy (non-hydrogen) atoms. The van der Waals surface area contributed by atoms with E-state index in [0.717, 1.165) is 28.2 Å². The summed E-state index contributed by atoms with van der Waals surface area (Å²) in [6.07, 6.45) is 0. The molecule has 1 heterocycles. The van der Waals surface area contributed by atoms with E-state index in [9.17, 15) is 0 Å². The topological polar surface area (TPSA) is 30.5 Å². The van der Waals surface area contributed by atoms with Crippen molar-refractivity contribution in [1.29, 1.82) is 0 Å². The van der Waals surface area contributed by atoms with E-state index in [2.05, 4.69) is 35.1 Å². The molecule has 0 aromatic heterocycles. The number of methoxy groups -OCH3 is 1. The second-order valence-corrected chi connectivity index (χ2v) is 5.06. The standard InChI is InChI=1S/C11H14BrNO2/c1-11(2)6-13-9-5-7(14-3)4-8(12)10(9)15-11/h4-5,13H,6H2,1-3H3. The monoisotopic (exact) mass is 271 g/mol. The Hall–Kier alpha value is -0.900. The van der Waals surface area contributed by atoms with Gasteiger partial charge in [-0.2, -0.15) is 0 Å². The molecule has 1 aromatic rings. The fourth-order valence-corrected chi connectivity index (χ4v) is 2.06. The number of benzene rings is 1. The van der Waals surface area contributed by atoms with Crippen LogP contribution in [0, 0.1) is 0 Å². The molecule has 1 aliphatic rings. The molecule has 1 N–H and O–H groups in total. The molecule has 1 aromatic carbocycles. The maximum absolute atomic E-state index is 5.88. The molecule has 0 saturated carbocycles. The van der Waals surface area contributed by atoms with Crippen molar-refractivity contribution in [3.8, 4) is 11.5 Å². The fourth-order valence-electron chi connectivity index (χ4n) is 1.54. The Morgan fingerprint density at radius 2 is 2.20 bits per heavy atom. The van der Waals surface area contributed by atoms with Gasteiger partial charge in [-0.3, -0.25) is 0 Å². The summed E-state index contributed by atoms with van der Waals surface area (Å²) < 4.78 is 12.0. The van der Waals surface area contributed by atoms with Gasteiger partial charge in [-0.15, -0.1) is 0 Å². The zero-order valence-corrected chi connectivity index (χ0v) is 10.6. The highest BCUT2D eigenvalue weighted by Gasteiger charge is 2.28. The summed E-state index contributed by atoms with van der Waals surface area (Å²) in [4.78, 5) is 0. The molecule has 82 valence electrons. The minimum atomic E-state index is -0.176. The smallest absolute Gasteiger partial charge is 0.157 e. The quantitative estimate of drug-likeness (QED) is 0.852. The molecule has 2 rings (SSSR count). The van der Waals surface area contributed by atoms with E-state index < -0.39 is 0 Å². The van der Waals surface area contributed by atoms with Gasteiger partial charge >= 0.3 is 0 Å². The Morgan fingerprint density at radius 1 is 1.47 bits per heavy atom. The van der Waals surface area contributed by atoms with Crippen molar-refractivity contribution in [2.24, 2.45) is 0 Å². The van der Waals surface area contributed by atoms with Crippen LogP contribution in [-0.4, -0.2) is 19.3 Å². The van der Waals surface area contributed by atoms with E-state index in [1.807, 2.05) is 12.1 Å². The van der Waals surface area contributed by atoms with Gasteiger partial charge in [-0.05, 0) is 35.8 Å². The highest BCUT2D eigenvalue weighted by atomic mass is 79.9. The third-order valence-corrected chi connectivity index (χ3v) is 2.92. The summed E-state index contributed by atoms with van der Waals surface area (Å²) in [5.74, 6) is 1.67. The maximum atomic E-state index is 5.88. The summed E-state index contributed by atoms with van der Waals surface area (Å²) in [6.45, 7) is 4.90. The average molecular weight is 272 g/mol. The summed E-state index contributed by atoms with van der Waals surface area (Å²) in [7, 11) is 1.65. The Morgan fingerprint density at radius 3 is 2.87 bits per heavy atom. The first kappa shape index (κ1) is 10.6. The van der Waals surface area contributed by atoms with Gasteiger partial charge in [0.25, 0.3) is 0 Å². The molecule has 0 radical (unpaired) electrons. The minimum Gasteiger partial charge on any atom is -0.497 e. The van der Waals surface area contributed by atoms with Crippen molar-refractivity contribution in [1.82, 2.24) is 0 Å². The second kappa shape index (κ2) is 3.59. The van der Waals surface area contributed by atoms with Crippen LogP contribution in [0.5, 0.6) is 11.5 Å². The first-order chi connectivity index (χ1) is 7.02. The van der Waals surface area contributed by atoms with Crippen molar-refractivity contribution in [2.45, 2.75) is 19.4 Å². The first-order valence-corrected chi connectivity index (χ1v) is 5.61. The van der Waals surface area contributed by atoms with Gasteiger partial charge in [0.15, 0.2) is 5.75 Å². The molecular formula is C11H14BrNO2. The number of nitrogens with one attached hydrogen (secondary N) is 1. The highest BCUT2D eigenvalue weighted by Crippen LogP contribution is 2.41. The summed E-state index contributed by atoms with van der Waals surface area (Å²) in [5, 5.41) is 3.33. The van der Waals surface area contributed by atoms with Gasteiger partial charge in [0.1, 0.15) is 11.4 Å².